The number of amides is 2. The molecule has 2 amide bonds. The van der Waals surface area contributed by atoms with E-state index in [4.69, 9.17) is 22.1 Å². The van der Waals surface area contributed by atoms with Crippen LogP contribution in [0.1, 0.15) is 56.1 Å². The number of nitrogens with zero attached hydrogens (tertiary/aromatic N) is 1. The quantitative estimate of drug-likeness (QED) is 0.587. The van der Waals surface area contributed by atoms with Crippen molar-refractivity contribution in [2.45, 2.75) is 57.3 Å². The molecule has 7 heteroatoms. The maximum atomic E-state index is 14.0. The van der Waals surface area contributed by atoms with Gasteiger partial charge in [-0.05, 0) is 74.1 Å². The Morgan fingerprint density at radius 3 is 2.41 bits per heavy atom. The largest absolute Gasteiger partial charge is 0.493 e. The van der Waals surface area contributed by atoms with Crippen LogP contribution in [0.4, 0.5) is 4.39 Å². The molecule has 5 nitrogen and oxygen atoms in total. The van der Waals surface area contributed by atoms with Gasteiger partial charge < -0.3 is 15.4 Å². The minimum absolute atomic E-state index is 0.0671. The van der Waals surface area contributed by atoms with Gasteiger partial charge in [0.1, 0.15) is 11.6 Å². The maximum absolute atomic E-state index is 14.0. The Labute approximate surface area is 205 Å². The summed E-state index contributed by atoms with van der Waals surface area (Å²) in [5, 5.41) is 0.671. The fourth-order valence-electron chi connectivity index (χ4n) is 5.56. The molecular formula is C27H32ClFN2O3. The van der Waals surface area contributed by atoms with Gasteiger partial charge in [0.25, 0.3) is 0 Å². The van der Waals surface area contributed by atoms with Gasteiger partial charge in [-0.1, -0.05) is 36.6 Å². The van der Waals surface area contributed by atoms with Crippen molar-refractivity contribution in [2.75, 3.05) is 19.7 Å². The van der Waals surface area contributed by atoms with Gasteiger partial charge in [-0.3, -0.25) is 9.59 Å². The molecule has 0 spiro atoms. The van der Waals surface area contributed by atoms with Crippen molar-refractivity contribution in [2.24, 2.45) is 11.1 Å². The minimum Gasteiger partial charge on any atom is -0.493 e. The Morgan fingerprint density at radius 2 is 1.79 bits per heavy atom. The molecule has 1 aliphatic heterocycles. The van der Waals surface area contributed by atoms with E-state index in [1.54, 1.807) is 12.1 Å². The predicted octanol–water partition coefficient (Wildman–Crippen LogP) is 5.16. The third-order valence-corrected chi connectivity index (χ3v) is 8.00. The monoisotopic (exact) mass is 486 g/mol. The molecule has 1 saturated carbocycles. The molecule has 1 heterocycles. The summed E-state index contributed by atoms with van der Waals surface area (Å²) < 4.78 is 20.1. The number of halogens is 2. The number of carbonyl (C=O) groups excluding carboxylic acids is 2. The Bertz CT molecular complexity index is 1060. The van der Waals surface area contributed by atoms with E-state index in [-0.39, 0.29) is 24.1 Å². The zero-order valence-electron chi connectivity index (χ0n) is 19.6. The van der Waals surface area contributed by atoms with E-state index in [0.717, 1.165) is 36.8 Å². The lowest BCUT2D eigenvalue weighted by atomic mass is 9.73. The van der Waals surface area contributed by atoms with Gasteiger partial charge in [-0.2, -0.15) is 0 Å². The Morgan fingerprint density at radius 1 is 1.09 bits per heavy atom. The van der Waals surface area contributed by atoms with Gasteiger partial charge in [0.05, 0.1) is 12.0 Å². The van der Waals surface area contributed by atoms with Crippen molar-refractivity contribution >= 4 is 23.4 Å². The summed E-state index contributed by atoms with van der Waals surface area (Å²) in [5.41, 5.74) is 6.19. The lowest BCUT2D eigenvalue weighted by Crippen LogP contribution is -2.52. The van der Waals surface area contributed by atoms with Crippen molar-refractivity contribution in [3.8, 4) is 5.75 Å². The van der Waals surface area contributed by atoms with Gasteiger partial charge in [-0.15, -0.1) is 0 Å². The summed E-state index contributed by atoms with van der Waals surface area (Å²) >= 11 is 6.11. The summed E-state index contributed by atoms with van der Waals surface area (Å²) in [6.07, 6.45) is 4.82. The van der Waals surface area contributed by atoms with Crippen LogP contribution in [0.5, 0.6) is 5.75 Å². The molecule has 2 aliphatic rings. The molecule has 34 heavy (non-hydrogen) atoms. The Balaban J connectivity index is 1.48. The van der Waals surface area contributed by atoms with Gasteiger partial charge in [0, 0.05) is 29.9 Å². The molecule has 4 rings (SSSR count). The highest BCUT2D eigenvalue weighted by Crippen LogP contribution is 2.44. The molecular weight excluding hydrogens is 455 g/mol. The fraction of sp³-hybridized carbons (Fsp3) is 0.481. The highest BCUT2D eigenvalue weighted by molar-refractivity contribution is 6.31. The van der Waals surface area contributed by atoms with Gasteiger partial charge in [-0.25, -0.2) is 4.39 Å². The molecule has 0 unspecified atom stereocenters. The lowest BCUT2D eigenvalue weighted by molar-refractivity contribution is -0.140. The van der Waals surface area contributed by atoms with E-state index in [1.807, 2.05) is 30.0 Å². The molecule has 2 N–H and O–H groups in total. The normalized spacial score (nSPS) is 19.1. The molecule has 182 valence electrons. The summed E-state index contributed by atoms with van der Waals surface area (Å²) in [5.74, 6) is 0.0748. The van der Waals surface area contributed by atoms with E-state index in [0.29, 0.717) is 43.3 Å². The van der Waals surface area contributed by atoms with Crippen LogP contribution in [0, 0.1) is 18.2 Å². The molecule has 1 aliphatic carbocycles. The maximum Gasteiger partial charge on any atom is 0.233 e. The van der Waals surface area contributed by atoms with Crippen molar-refractivity contribution in [3.05, 3.63) is 64.4 Å². The average Bonchev–Trinajstić information content (AvgIpc) is 3.31. The number of likely N-dealkylation sites (tertiary alicyclic amines) is 1. The summed E-state index contributed by atoms with van der Waals surface area (Å²) in [6.45, 7) is 3.29. The van der Waals surface area contributed by atoms with Crippen molar-refractivity contribution in [3.63, 3.8) is 0 Å². The van der Waals surface area contributed by atoms with Crippen molar-refractivity contribution in [1.82, 2.24) is 4.90 Å². The number of benzene rings is 2. The zero-order chi connectivity index (χ0) is 24.3. The molecule has 0 atom stereocenters. The molecule has 2 fully saturated rings. The van der Waals surface area contributed by atoms with Crippen LogP contribution in [0.3, 0.4) is 0 Å². The van der Waals surface area contributed by atoms with E-state index in [2.05, 4.69) is 0 Å². The standard InChI is InChI=1S/C27H32ClFN2O3/c1-19-15-22(7-8-23(19)28)34-18-26(17-24(30)32)11-13-31(14-12-26)25(33)27(9-2-3-10-27)20-5-4-6-21(29)16-20/h4-8,15-16H,2-3,9-14,17-18H2,1H3,(H2,30,32). The second-order valence-corrected chi connectivity index (χ2v) is 10.3. The van der Waals surface area contributed by atoms with E-state index < -0.39 is 10.8 Å². The second-order valence-electron chi connectivity index (χ2n) is 9.93. The average molecular weight is 487 g/mol. The van der Waals surface area contributed by atoms with Crippen molar-refractivity contribution < 1.29 is 18.7 Å². The lowest BCUT2D eigenvalue weighted by Gasteiger charge is -2.44. The third kappa shape index (κ3) is 5.07. The Hall–Kier alpha value is -2.60. The fourth-order valence-corrected chi connectivity index (χ4v) is 5.68. The molecule has 1 saturated heterocycles. The minimum atomic E-state index is -0.664. The first kappa shape index (κ1) is 24.5. The first-order valence-corrected chi connectivity index (χ1v) is 12.3. The molecule has 0 radical (unpaired) electrons. The molecule has 0 aromatic heterocycles. The predicted molar refractivity (Wildman–Crippen MR) is 130 cm³/mol. The smallest absolute Gasteiger partial charge is 0.233 e. The third-order valence-electron chi connectivity index (χ3n) is 7.58. The number of hydrogen-bond donors (Lipinski definition) is 1. The van der Waals surface area contributed by atoms with E-state index >= 15 is 0 Å². The number of ether oxygens (including phenoxy) is 1. The van der Waals surface area contributed by atoms with Crippen LogP contribution < -0.4 is 10.5 Å². The number of nitrogens with two attached hydrogens (primary N) is 1. The van der Waals surface area contributed by atoms with Crippen LogP contribution in [0.2, 0.25) is 5.02 Å². The number of piperidine rings is 1. The first-order chi connectivity index (χ1) is 16.2. The SMILES string of the molecule is Cc1cc(OCC2(CC(N)=O)CCN(C(=O)C3(c4cccc(F)c4)CCCC3)CC2)ccc1Cl. The highest BCUT2D eigenvalue weighted by atomic mass is 35.5. The van der Waals surface area contributed by atoms with Crippen LogP contribution in [-0.2, 0) is 15.0 Å². The number of hydrogen-bond acceptors (Lipinski definition) is 3. The summed E-state index contributed by atoms with van der Waals surface area (Å²) in [7, 11) is 0. The van der Waals surface area contributed by atoms with E-state index in [9.17, 15) is 14.0 Å². The second kappa shape index (κ2) is 9.95. The van der Waals surface area contributed by atoms with Crippen LogP contribution in [0.15, 0.2) is 42.5 Å². The van der Waals surface area contributed by atoms with Crippen LogP contribution >= 0.6 is 11.6 Å². The molecule has 0 bridgehead atoms. The zero-order valence-corrected chi connectivity index (χ0v) is 20.4. The van der Waals surface area contributed by atoms with Crippen LogP contribution in [0.25, 0.3) is 0 Å². The topological polar surface area (TPSA) is 72.6 Å². The Kier molecular flexibility index (Phi) is 7.17. The summed E-state index contributed by atoms with van der Waals surface area (Å²) in [4.78, 5) is 27.6. The van der Waals surface area contributed by atoms with Gasteiger partial charge >= 0.3 is 0 Å². The number of primary amides is 1. The molecule has 2 aromatic rings. The first-order valence-electron chi connectivity index (χ1n) is 12.0. The van der Waals surface area contributed by atoms with Gasteiger partial charge in [0.2, 0.25) is 11.8 Å². The van der Waals surface area contributed by atoms with Gasteiger partial charge in [0.15, 0.2) is 0 Å². The number of carbonyl (C=O) groups is 2. The number of aryl methyl sites for hydroxylation is 1. The van der Waals surface area contributed by atoms with Crippen LogP contribution in [-0.4, -0.2) is 36.4 Å². The number of rotatable bonds is 7. The van der Waals surface area contributed by atoms with E-state index in [1.165, 1.54) is 12.1 Å². The summed E-state index contributed by atoms with van der Waals surface area (Å²) in [6, 6.07) is 12.0. The highest BCUT2D eigenvalue weighted by Gasteiger charge is 2.47. The van der Waals surface area contributed by atoms with Crippen molar-refractivity contribution in [1.29, 1.82) is 0 Å². The molecule has 2 aromatic carbocycles.